The maximum absolute atomic E-state index is 6.01. The first-order chi connectivity index (χ1) is 5.12. The van der Waals surface area contributed by atoms with Crippen molar-refractivity contribution in [2.24, 2.45) is 11.5 Å². The number of hydrogen-bond donors (Lipinski definition) is 2. The minimum Gasteiger partial charge on any atom is -0.325 e. The second-order valence-electron chi connectivity index (χ2n) is 3.90. The van der Waals surface area contributed by atoms with Gasteiger partial charge in [-0.05, 0) is 32.1 Å². The van der Waals surface area contributed by atoms with E-state index in [0.717, 1.165) is 32.1 Å². The molecule has 2 heteroatoms. The molecular formula is C10H26N2. The highest BCUT2D eigenvalue weighted by atomic mass is 14.9. The standard InChI is InChI=1S/C7H14N2.C2H6.CH4.H2/c8-6-1-2-7(9,5-6)4-3-6;1-2;;/h1-5,8-9H2;1-2H3;1H4;1H. The highest BCUT2D eigenvalue weighted by Gasteiger charge is 2.49. The summed E-state index contributed by atoms with van der Waals surface area (Å²) in [5.74, 6) is 0. The molecule has 76 valence electrons. The Morgan fingerprint density at radius 3 is 1.25 bits per heavy atom. The molecule has 12 heavy (non-hydrogen) atoms. The Hall–Kier alpha value is -0.0800. The predicted molar refractivity (Wildman–Crippen MR) is 57.1 cm³/mol. The summed E-state index contributed by atoms with van der Waals surface area (Å²) in [6.45, 7) is 4.00. The normalized spacial score (nSPS) is 43.0. The van der Waals surface area contributed by atoms with Crippen molar-refractivity contribution < 1.29 is 1.43 Å². The van der Waals surface area contributed by atoms with E-state index in [4.69, 9.17) is 11.5 Å². The van der Waals surface area contributed by atoms with Crippen molar-refractivity contribution in [2.45, 2.75) is 64.5 Å². The summed E-state index contributed by atoms with van der Waals surface area (Å²) in [5, 5.41) is 0. The van der Waals surface area contributed by atoms with Crippen LogP contribution in [0.4, 0.5) is 0 Å². The molecule has 2 saturated carbocycles. The average molecular weight is 174 g/mol. The molecule has 0 radical (unpaired) electrons. The summed E-state index contributed by atoms with van der Waals surface area (Å²) in [7, 11) is 0. The number of fused-ring (bicyclic) bond motifs is 2. The van der Waals surface area contributed by atoms with E-state index >= 15 is 0 Å². The molecule has 2 bridgehead atoms. The Labute approximate surface area is 78.2 Å². The summed E-state index contributed by atoms with van der Waals surface area (Å²) in [6, 6.07) is 0. The van der Waals surface area contributed by atoms with Gasteiger partial charge in [0.25, 0.3) is 0 Å². The third-order valence-corrected chi connectivity index (χ3v) is 2.95. The van der Waals surface area contributed by atoms with E-state index in [0.29, 0.717) is 0 Å². The highest BCUT2D eigenvalue weighted by molar-refractivity contribution is 5.11. The molecule has 0 spiro atoms. The van der Waals surface area contributed by atoms with Gasteiger partial charge >= 0.3 is 0 Å². The lowest BCUT2D eigenvalue weighted by Gasteiger charge is -2.21. The van der Waals surface area contributed by atoms with E-state index in [1.54, 1.807) is 0 Å². The first-order valence-corrected chi connectivity index (χ1v) is 4.70. The fraction of sp³-hybridized carbons (Fsp3) is 1.00. The second-order valence-corrected chi connectivity index (χ2v) is 3.90. The van der Waals surface area contributed by atoms with Crippen molar-refractivity contribution in [3.05, 3.63) is 0 Å². The van der Waals surface area contributed by atoms with Crippen LogP contribution in [0.15, 0.2) is 0 Å². The summed E-state index contributed by atoms with van der Waals surface area (Å²) in [6.07, 6.45) is 5.69. The van der Waals surface area contributed by atoms with E-state index < -0.39 is 0 Å². The second kappa shape index (κ2) is 3.75. The van der Waals surface area contributed by atoms with E-state index in [2.05, 4.69) is 0 Å². The molecule has 0 saturated heterocycles. The molecule has 4 N–H and O–H groups in total. The van der Waals surface area contributed by atoms with Gasteiger partial charge in [0.15, 0.2) is 0 Å². The van der Waals surface area contributed by atoms with Gasteiger partial charge in [0.1, 0.15) is 0 Å². The molecule has 2 nitrogen and oxygen atoms in total. The first kappa shape index (κ1) is 11.9. The van der Waals surface area contributed by atoms with Crippen LogP contribution in [-0.2, 0) is 0 Å². The molecule has 0 unspecified atom stereocenters. The van der Waals surface area contributed by atoms with Gasteiger partial charge in [0.2, 0.25) is 0 Å². The third-order valence-electron chi connectivity index (χ3n) is 2.95. The molecule has 0 amide bonds. The van der Waals surface area contributed by atoms with Crippen LogP contribution in [0.2, 0.25) is 0 Å². The summed E-state index contributed by atoms with van der Waals surface area (Å²) >= 11 is 0. The molecule has 0 aromatic heterocycles. The summed E-state index contributed by atoms with van der Waals surface area (Å²) in [4.78, 5) is 0. The number of hydrogen-bond acceptors (Lipinski definition) is 2. The minimum absolute atomic E-state index is 0. The van der Waals surface area contributed by atoms with Crippen LogP contribution in [0.1, 0.15) is 54.8 Å². The molecule has 0 aromatic carbocycles. The average Bonchev–Trinajstić information content (AvgIpc) is 2.44. The van der Waals surface area contributed by atoms with E-state index in [-0.39, 0.29) is 19.9 Å². The Morgan fingerprint density at radius 1 is 0.917 bits per heavy atom. The van der Waals surface area contributed by atoms with Crippen LogP contribution in [0, 0.1) is 0 Å². The van der Waals surface area contributed by atoms with Gasteiger partial charge in [-0.2, -0.15) is 0 Å². The van der Waals surface area contributed by atoms with Crippen molar-refractivity contribution in [2.75, 3.05) is 0 Å². The zero-order chi connectivity index (χ0) is 8.54. The zero-order valence-corrected chi connectivity index (χ0v) is 7.69. The molecule has 0 heterocycles. The van der Waals surface area contributed by atoms with E-state index in [1.165, 1.54) is 0 Å². The van der Waals surface area contributed by atoms with Crippen molar-refractivity contribution in [3.8, 4) is 0 Å². The molecule has 2 aliphatic rings. The molecule has 0 aliphatic heterocycles. The van der Waals surface area contributed by atoms with Crippen LogP contribution in [0.5, 0.6) is 0 Å². The van der Waals surface area contributed by atoms with Gasteiger partial charge in [0, 0.05) is 12.5 Å². The number of rotatable bonds is 0. The molecule has 0 atom stereocenters. The van der Waals surface area contributed by atoms with Crippen molar-refractivity contribution >= 4 is 0 Å². The monoisotopic (exact) mass is 174 g/mol. The van der Waals surface area contributed by atoms with Crippen LogP contribution >= 0.6 is 0 Å². The Bertz CT molecular complexity index is 124. The van der Waals surface area contributed by atoms with Gasteiger partial charge in [-0.3, -0.25) is 0 Å². The Kier molecular flexibility index (Phi) is 3.73. The van der Waals surface area contributed by atoms with E-state index in [9.17, 15) is 0 Å². The topological polar surface area (TPSA) is 52.0 Å². The quantitative estimate of drug-likeness (QED) is 0.592. The minimum atomic E-state index is 0. The fourth-order valence-corrected chi connectivity index (χ4v) is 2.30. The largest absolute Gasteiger partial charge is 0.325 e. The van der Waals surface area contributed by atoms with Gasteiger partial charge < -0.3 is 11.5 Å². The molecule has 2 rings (SSSR count). The van der Waals surface area contributed by atoms with Crippen LogP contribution in [0.25, 0.3) is 0 Å². The lowest BCUT2D eigenvalue weighted by molar-refractivity contribution is 0.395. The van der Waals surface area contributed by atoms with Crippen LogP contribution < -0.4 is 11.5 Å². The molecule has 2 fully saturated rings. The first-order valence-electron chi connectivity index (χ1n) is 4.70. The molecule has 0 aromatic rings. The lowest BCUT2D eigenvalue weighted by Crippen LogP contribution is -2.34. The fourth-order valence-electron chi connectivity index (χ4n) is 2.30. The Morgan fingerprint density at radius 2 is 1.17 bits per heavy atom. The molecule has 2 aliphatic carbocycles. The van der Waals surface area contributed by atoms with Crippen LogP contribution in [0.3, 0.4) is 0 Å². The van der Waals surface area contributed by atoms with Gasteiger partial charge in [-0.15, -0.1) is 0 Å². The third kappa shape index (κ3) is 1.99. The maximum Gasteiger partial charge on any atom is 0.0173 e. The molecular weight excluding hydrogens is 148 g/mol. The summed E-state index contributed by atoms with van der Waals surface area (Å²) < 4.78 is 0. The van der Waals surface area contributed by atoms with Gasteiger partial charge in [-0.25, -0.2) is 0 Å². The summed E-state index contributed by atoms with van der Waals surface area (Å²) in [5.41, 5.74) is 12.3. The SMILES string of the molecule is C.CC.NC12CCC(N)(CC1)C2.[HH]. The van der Waals surface area contributed by atoms with Gasteiger partial charge in [0.05, 0.1) is 0 Å². The maximum atomic E-state index is 6.01. The zero-order valence-electron chi connectivity index (χ0n) is 7.69. The Balaban J connectivity index is 0. The van der Waals surface area contributed by atoms with Crippen molar-refractivity contribution in [3.63, 3.8) is 0 Å². The lowest BCUT2D eigenvalue weighted by atomic mass is 9.93. The smallest absolute Gasteiger partial charge is 0.0173 e. The van der Waals surface area contributed by atoms with E-state index in [1.807, 2.05) is 13.8 Å². The van der Waals surface area contributed by atoms with Gasteiger partial charge in [-0.1, -0.05) is 21.3 Å². The van der Waals surface area contributed by atoms with Crippen molar-refractivity contribution in [1.29, 1.82) is 0 Å². The highest BCUT2D eigenvalue weighted by Crippen LogP contribution is 2.47. The van der Waals surface area contributed by atoms with Crippen LogP contribution in [-0.4, -0.2) is 11.1 Å². The number of nitrogens with two attached hydrogens (primary N) is 2. The predicted octanol–water partition coefficient (Wildman–Crippen LogP) is 2.27. The van der Waals surface area contributed by atoms with Crippen molar-refractivity contribution in [1.82, 2.24) is 0 Å².